The van der Waals surface area contributed by atoms with Crippen molar-refractivity contribution in [3.05, 3.63) is 58.1 Å². The Bertz CT molecular complexity index is 1010. The molecule has 2 aromatic rings. The number of para-hydroxylation sites is 1. The fraction of sp³-hybridized carbons (Fsp3) is 0.409. The number of anilines is 1. The van der Waals surface area contributed by atoms with E-state index in [0.717, 1.165) is 21.9 Å². The number of benzene rings is 2. The highest BCUT2D eigenvalue weighted by Gasteiger charge is 2.32. The molecule has 1 amide bonds. The summed E-state index contributed by atoms with van der Waals surface area (Å²) in [7, 11) is -3.80. The molecule has 2 rings (SSSR count). The van der Waals surface area contributed by atoms with Crippen molar-refractivity contribution in [1.82, 2.24) is 5.32 Å². The highest BCUT2D eigenvalue weighted by molar-refractivity contribution is 7.92. The van der Waals surface area contributed by atoms with Crippen molar-refractivity contribution in [2.45, 2.75) is 39.2 Å². The molecule has 31 heavy (non-hydrogen) atoms. The molecule has 2 aromatic carbocycles. The summed E-state index contributed by atoms with van der Waals surface area (Å²) in [6.07, 6.45) is 1.28. The third kappa shape index (κ3) is 6.76. The van der Waals surface area contributed by atoms with Gasteiger partial charge >= 0.3 is 0 Å². The van der Waals surface area contributed by atoms with Crippen molar-refractivity contribution in [3.8, 4) is 5.75 Å². The molecule has 0 aliphatic rings. The molecular weight excluding hydrogens is 459 g/mol. The van der Waals surface area contributed by atoms with Gasteiger partial charge in [0.05, 0.1) is 23.5 Å². The Balaban J connectivity index is 2.12. The van der Waals surface area contributed by atoms with E-state index < -0.39 is 22.0 Å². The number of carbonyl (C=O) groups is 1. The number of carbonyl (C=O) groups excluding carboxylic acids is 1. The van der Waals surface area contributed by atoms with E-state index in [-0.39, 0.29) is 30.3 Å². The molecule has 1 atom stereocenters. The van der Waals surface area contributed by atoms with Crippen molar-refractivity contribution >= 4 is 44.8 Å². The number of ether oxygens (including phenoxy) is 1. The summed E-state index contributed by atoms with van der Waals surface area (Å²) >= 11 is 12.3. The molecule has 9 heteroatoms. The zero-order valence-corrected chi connectivity index (χ0v) is 20.4. The van der Waals surface area contributed by atoms with E-state index in [1.807, 2.05) is 24.3 Å². The minimum Gasteiger partial charge on any atom is -0.491 e. The van der Waals surface area contributed by atoms with E-state index in [9.17, 15) is 13.2 Å². The number of nitrogens with one attached hydrogen (secondary N) is 1. The van der Waals surface area contributed by atoms with E-state index in [1.165, 1.54) is 12.1 Å². The maximum Gasteiger partial charge on any atom is 0.244 e. The summed E-state index contributed by atoms with van der Waals surface area (Å²) in [6.45, 7) is 6.37. The Morgan fingerprint density at radius 2 is 1.84 bits per heavy atom. The van der Waals surface area contributed by atoms with Gasteiger partial charge in [-0.3, -0.25) is 9.10 Å². The minimum atomic E-state index is -3.80. The first-order valence-electron chi connectivity index (χ1n) is 10.00. The second-order valence-corrected chi connectivity index (χ2v) is 10.1. The van der Waals surface area contributed by atoms with Crippen molar-refractivity contribution in [2.24, 2.45) is 0 Å². The van der Waals surface area contributed by atoms with Crippen LogP contribution in [0.15, 0.2) is 42.5 Å². The summed E-state index contributed by atoms with van der Waals surface area (Å²) in [4.78, 5) is 12.9. The van der Waals surface area contributed by atoms with Gasteiger partial charge in [0.1, 0.15) is 18.4 Å². The standard InChI is InChI=1S/C22H28Cl2N2O4S/c1-5-19(26(31(4,28)29)20-14-16(23)10-11-18(20)24)22(27)25-12-13-30-21-9-7-6-8-17(21)15(2)3/h6-11,14-15,19H,5,12-13H2,1-4H3,(H,25,27)/t19-/m1/s1. The number of halogens is 2. The average Bonchev–Trinajstić information content (AvgIpc) is 2.70. The molecule has 0 radical (unpaired) electrons. The van der Waals surface area contributed by atoms with Crippen molar-refractivity contribution in [2.75, 3.05) is 23.7 Å². The molecule has 0 aliphatic carbocycles. The molecule has 0 aliphatic heterocycles. The van der Waals surface area contributed by atoms with Gasteiger partial charge in [0.15, 0.2) is 0 Å². The van der Waals surface area contributed by atoms with Crippen molar-refractivity contribution in [1.29, 1.82) is 0 Å². The Morgan fingerprint density at radius 3 is 2.45 bits per heavy atom. The monoisotopic (exact) mass is 486 g/mol. The molecule has 1 N–H and O–H groups in total. The molecule has 0 spiro atoms. The predicted octanol–water partition coefficient (Wildman–Crippen LogP) is 4.86. The molecule has 170 valence electrons. The molecular formula is C22H28Cl2N2O4S. The van der Waals surface area contributed by atoms with Gasteiger partial charge in [0, 0.05) is 5.02 Å². The van der Waals surface area contributed by atoms with Crippen LogP contribution in [0.1, 0.15) is 38.7 Å². The summed E-state index contributed by atoms with van der Waals surface area (Å²) in [5.74, 6) is 0.632. The first kappa shape index (κ1) is 25.3. The van der Waals surface area contributed by atoms with Crippen LogP contribution in [0.2, 0.25) is 10.0 Å². The smallest absolute Gasteiger partial charge is 0.244 e. The third-order valence-electron chi connectivity index (χ3n) is 4.68. The number of sulfonamides is 1. The SMILES string of the molecule is CC[C@H](C(=O)NCCOc1ccccc1C(C)C)N(c1cc(Cl)ccc1Cl)S(C)(=O)=O. The highest BCUT2D eigenvalue weighted by Crippen LogP contribution is 2.33. The summed E-state index contributed by atoms with van der Waals surface area (Å²) in [5, 5.41) is 3.27. The van der Waals surface area contributed by atoms with Gasteiger partial charge < -0.3 is 10.1 Å². The molecule has 0 saturated heterocycles. The van der Waals surface area contributed by atoms with E-state index in [4.69, 9.17) is 27.9 Å². The number of hydrogen-bond donors (Lipinski definition) is 1. The molecule has 6 nitrogen and oxygen atoms in total. The maximum absolute atomic E-state index is 12.9. The van der Waals surface area contributed by atoms with Gasteiger partial charge in [0.2, 0.25) is 15.9 Å². The molecule has 0 aromatic heterocycles. The minimum absolute atomic E-state index is 0.167. The van der Waals surface area contributed by atoms with Crippen LogP contribution in [-0.4, -0.2) is 39.8 Å². The Labute approximate surface area is 194 Å². The summed E-state index contributed by atoms with van der Waals surface area (Å²) in [5.41, 5.74) is 1.25. The predicted molar refractivity (Wildman–Crippen MR) is 127 cm³/mol. The van der Waals surface area contributed by atoms with Gasteiger partial charge in [-0.2, -0.15) is 0 Å². The second kappa shape index (κ2) is 11.1. The topological polar surface area (TPSA) is 75.7 Å². The molecule has 0 heterocycles. The number of rotatable bonds is 10. The van der Waals surface area contributed by atoms with Crippen LogP contribution in [0.5, 0.6) is 5.75 Å². The van der Waals surface area contributed by atoms with Crippen LogP contribution in [0.4, 0.5) is 5.69 Å². The largest absolute Gasteiger partial charge is 0.491 e. The van der Waals surface area contributed by atoms with E-state index in [2.05, 4.69) is 19.2 Å². The average molecular weight is 487 g/mol. The zero-order valence-electron chi connectivity index (χ0n) is 18.1. The molecule has 0 bridgehead atoms. The Morgan fingerprint density at radius 1 is 1.16 bits per heavy atom. The maximum atomic E-state index is 12.9. The lowest BCUT2D eigenvalue weighted by atomic mass is 10.0. The van der Waals surface area contributed by atoms with E-state index >= 15 is 0 Å². The van der Waals surface area contributed by atoms with Crippen molar-refractivity contribution < 1.29 is 17.9 Å². The first-order valence-corrected chi connectivity index (χ1v) is 12.6. The van der Waals surface area contributed by atoms with Crippen LogP contribution >= 0.6 is 23.2 Å². The summed E-state index contributed by atoms with van der Waals surface area (Å²) < 4.78 is 31.9. The second-order valence-electron chi connectivity index (χ2n) is 7.41. The first-order chi connectivity index (χ1) is 14.6. The third-order valence-corrected chi connectivity index (χ3v) is 6.40. The van der Waals surface area contributed by atoms with Crippen molar-refractivity contribution in [3.63, 3.8) is 0 Å². The van der Waals surface area contributed by atoms with Gasteiger partial charge in [-0.1, -0.05) is 62.2 Å². The van der Waals surface area contributed by atoms with Gasteiger partial charge in [-0.25, -0.2) is 8.42 Å². The fourth-order valence-corrected chi connectivity index (χ4v) is 4.87. The van der Waals surface area contributed by atoms with Crippen LogP contribution in [0.25, 0.3) is 0 Å². The normalized spacial score (nSPS) is 12.5. The van der Waals surface area contributed by atoms with E-state index in [1.54, 1.807) is 13.0 Å². The van der Waals surface area contributed by atoms with Crippen LogP contribution in [-0.2, 0) is 14.8 Å². The van der Waals surface area contributed by atoms with Gasteiger partial charge in [-0.15, -0.1) is 0 Å². The van der Waals surface area contributed by atoms with Crippen LogP contribution < -0.4 is 14.4 Å². The van der Waals surface area contributed by atoms with E-state index in [0.29, 0.717) is 10.9 Å². The number of amides is 1. The van der Waals surface area contributed by atoms with Crippen LogP contribution in [0, 0.1) is 0 Å². The van der Waals surface area contributed by atoms with Crippen LogP contribution in [0.3, 0.4) is 0 Å². The lowest BCUT2D eigenvalue weighted by molar-refractivity contribution is -0.122. The highest BCUT2D eigenvalue weighted by atomic mass is 35.5. The molecule has 0 fully saturated rings. The number of nitrogens with zero attached hydrogens (tertiary/aromatic N) is 1. The van der Waals surface area contributed by atoms with Gasteiger partial charge in [-0.05, 0) is 42.2 Å². The Kier molecular flexibility index (Phi) is 9.03. The lowest BCUT2D eigenvalue weighted by Gasteiger charge is -2.30. The Hall–Kier alpha value is -1.96. The quantitative estimate of drug-likeness (QED) is 0.486. The number of hydrogen-bond acceptors (Lipinski definition) is 4. The summed E-state index contributed by atoms with van der Waals surface area (Å²) in [6, 6.07) is 11.3. The van der Waals surface area contributed by atoms with Gasteiger partial charge in [0.25, 0.3) is 0 Å². The molecule has 0 saturated carbocycles. The fourth-order valence-electron chi connectivity index (χ4n) is 3.23. The zero-order chi connectivity index (χ0) is 23.2. The lowest BCUT2D eigenvalue weighted by Crippen LogP contribution is -2.50. The molecule has 0 unspecified atom stereocenters.